The van der Waals surface area contributed by atoms with E-state index in [4.69, 9.17) is 10.7 Å². The van der Waals surface area contributed by atoms with Gasteiger partial charge >= 0.3 is 6.03 Å². The van der Waals surface area contributed by atoms with Crippen LogP contribution in [0.2, 0.25) is 0 Å². The topological polar surface area (TPSA) is 95.9 Å². The zero-order valence-electron chi connectivity index (χ0n) is 18.3. The van der Waals surface area contributed by atoms with Gasteiger partial charge in [0.2, 0.25) is 0 Å². The minimum absolute atomic E-state index is 0.0655. The van der Waals surface area contributed by atoms with Gasteiger partial charge in [0.05, 0.1) is 23.8 Å². The van der Waals surface area contributed by atoms with Crippen LogP contribution in [-0.4, -0.2) is 74.7 Å². The van der Waals surface area contributed by atoms with Crippen molar-refractivity contribution in [2.24, 2.45) is 0 Å². The van der Waals surface area contributed by atoms with Crippen LogP contribution in [0.5, 0.6) is 0 Å². The first-order valence-corrected chi connectivity index (χ1v) is 11.7. The lowest BCUT2D eigenvalue weighted by Gasteiger charge is -2.38. The number of nitrogen functional groups attached to an aromatic ring is 1. The number of nitrogens with zero attached hydrogens (tertiary/aromatic N) is 7. The van der Waals surface area contributed by atoms with Crippen molar-refractivity contribution in [2.45, 2.75) is 18.5 Å². The van der Waals surface area contributed by atoms with E-state index in [1.165, 1.54) is 0 Å². The Bertz CT molecular complexity index is 1420. The number of rotatable bonds is 2. The molecule has 33 heavy (non-hydrogen) atoms. The Hall–Kier alpha value is -3.40. The molecule has 0 saturated carbocycles. The molecule has 2 aliphatic rings. The van der Waals surface area contributed by atoms with E-state index in [1.807, 2.05) is 54.4 Å². The van der Waals surface area contributed by atoms with Crippen LogP contribution < -0.4 is 10.6 Å². The van der Waals surface area contributed by atoms with E-state index in [-0.39, 0.29) is 18.1 Å². The summed E-state index contributed by atoms with van der Waals surface area (Å²) in [5, 5.41) is 5.56. The van der Waals surface area contributed by atoms with Gasteiger partial charge < -0.3 is 20.4 Å². The first-order chi connectivity index (χ1) is 15.9. The van der Waals surface area contributed by atoms with Gasteiger partial charge in [0, 0.05) is 49.9 Å². The third kappa shape index (κ3) is 2.97. The smallest absolute Gasteiger partial charge is 0.320 e. The average Bonchev–Trinajstić information content (AvgIpc) is 3.36. The number of likely N-dealkylation sites (N-methyl/N-ethyl adjacent to an activating group) is 2. The van der Waals surface area contributed by atoms with E-state index in [0.29, 0.717) is 22.5 Å². The number of pyridine rings is 1. The van der Waals surface area contributed by atoms with Gasteiger partial charge in [-0.05, 0) is 34.5 Å². The number of hydrogen-bond donors (Lipinski definition) is 1. The predicted molar refractivity (Wildman–Crippen MR) is 131 cm³/mol. The Balaban J connectivity index is 1.43. The third-order valence-corrected chi connectivity index (χ3v) is 7.71. The molecule has 0 bridgehead atoms. The van der Waals surface area contributed by atoms with Crippen LogP contribution in [0, 0.1) is 0 Å². The lowest BCUT2D eigenvalue weighted by atomic mass is 9.99. The minimum Gasteiger partial charge on any atom is -0.383 e. The molecule has 10 heteroatoms. The number of carbonyl (C=O) groups excluding carboxylic acids is 1. The van der Waals surface area contributed by atoms with Crippen LogP contribution in [0.25, 0.3) is 27.7 Å². The molecule has 2 fully saturated rings. The maximum atomic E-state index is 12.4. The summed E-state index contributed by atoms with van der Waals surface area (Å²) in [6.07, 6.45) is 4.50. The summed E-state index contributed by atoms with van der Waals surface area (Å²) in [5.74, 6) is 1.26. The SMILES string of the molecule is CN1C(=O)N(C)[C@H]2CCN(c3nc4c(-c5cnc6ccccc6c5)cnn4c(N)c3Br)C[C@H]21. The number of nitrogens with two attached hydrogens (primary N) is 1. The Labute approximate surface area is 198 Å². The molecule has 2 atom stereocenters. The van der Waals surface area contributed by atoms with Crippen LogP contribution in [-0.2, 0) is 0 Å². The second-order valence-electron chi connectivity index (χ2n) is 8.72. The van der Waals surface area contributed by atoms with E-state index in [9.17, 15) is 4.79 Å². The van der Waals surface area contributed by atoms with Gasteiger partial charge in [-0.1, -0.05) is 18.2 Å². The molecule has 0 radical (unpaired) electrons. The van der Waals surface area contributed by atoms with Crippen molar-refractivity contribution in [3.8, 4) is 11.1 Å². The molecule has 6 rings (SSSR count). The van der Waals surface area contributed by atoms with Gasteiger partial charge in [0.1, 0.15) is 16.1 Å². The maximum absolute atomic E-state index is 12.4. The number of amides is 2. The quantitative estimate of drug-likeness (QED) is 0.448. The highest BCUT2D eigenvalue weighted by Crippen LogP contribution is 2.37. The minimum atomic E-state index is 0.0655. The van der Waals surface area contributed by atoms with Crippen molar-refractivity contribution in [3.63, 3.8) is 0 Å². The highest BCUT2D eigenvalue weighted by Gasteiger charge is 2.45. The largest absolute Gasteiger partial charge is 0.383 e. The molecule has 2 aliphatic heterocycles. The van der Waals surface area contributed by atoms with Crippen LogP contribution in [0.3, 0.4) is 0 Å². The summed E-state index contributed by atoms with van der Waals surface area (Å²) in [6.45, 7) is 1.48. The van der Waals surface area contributed by atoms with Gasteiger partial charge in [0.15, 0.2) is 5.65 Å². The van der Waals surface area contributed by atoms with E-state index in [1.54, 1.807) is 10.7 Å². The molecule has 3 aromatic heterocycles. The number of fused-ring (bicyclic) bond motifs is 3. The molecule has 1 aromatic carbocycles. The van der Waals surface area contributed by atoms with Gasteiger partial charge in [-0.3, -0.25) is 4.98 Å². The molecule has 9 nitrogen and oxygen atoms in total. The fraction of sp³-hybridized carbons (Fsp3) is 0.304. The molecule has 2 saturated heterocycles. The molecule has 5 heterocycles. The fourth-order valence-corrected chi connectivity index (χ4v) is 5.60. The fourth-order valence-electron chi connectivity index (χ4n) is 5.09. The molecule has 0 unspecified atom stereocenters. The first-order valence-electron chi connectivity index (χ1n) is 10.9. The molecule has 4 aromatic rings. The zero-order valence-corrected chi connectivity index (χ0v) is 19.9. The van der Waals surface area contributed by atoms with Crippen molar-refractivity contribution < 1.29 is 4.79 Å². The third-order valence-electron chi connectivity index (χ3n) is 6.95. The number of anilines is 2. The molecular weight excluding hydrogens is 484 g/mol. The Morgan fingerprint density at radius 2 is 1.91 bits per heavy atom. The van der Waals surface area contributed by atoms with Crippen molar-refractivity contribution in [1.82, 2.24) is 29.4 Å². The highest BCUT2D eigenvalue weighted by atomic mass is 79.9. The van der Waals surface area contributed by atoms with E-state index in [2.05, 4.69) is 37.0 Å². The number of piperidine rings is 1. The van der Waals surface area contributed by atoms with Crippen molar-refractivity contribution >= 4 is 50.1 Å². The predicted octanol–water partition coefficient (Wildman–Crippen LogP) is 3.23. The monoisotopic (exact) mass is 506 g/mol. The van der Waals surface area contributed by atoms with Crippen LogP contribution in [0.1, 0.15) is 6.42 Å². The van der Waals surface area contributed by atoms with Crippen LogP contribution in [0.4, 0.5) is 16.4 Å². The Morgan fingerprint density at radius 3 is 2.76 bits per heavy atom. The Kier molecular flexibility index (Phi) is 4.48. The van der Waals surface area contributed by atoms with E-state index >= 15 is 0 Å². The number of aromatic nitrogens is 4. The number of para-hydroxylation sites is 1. The van der Waals surface area contributed by atoms with Gasteiger partial charge in [-0.2, -0.15) is 9.61 Å². The molecule has 168 valence electrons. The summed E-state index contributed by atoms with van der Waals surface area (Å²) in [7, 11) is 3.75. The molecule has 2 amide bonds. The maximum Gasteiger partial charge on any atom is 0.320 e. The van der Waals surface area contributed by atoms with Gasteiger partial charge in [0.25, 0.3) is 0 Å². The van der Waals surface area contributed by atoms with E-state index < -0.39 is 0 Å². The van der Waals surface area contributed by atoms with Crippen molar-refractivity contribution in [3.05, 3.63) is 47.2 Å². The zero-order chi connectivity index (χ0) is 22.9. The summed E-state index contributed by atoms with van der Waals surface area (Å²) >= 11 is 3.65. The molecule has 0 spiro atoms. The first kappa shape index (κ1) is 20.2. The number of carbonyl (C=O) groups is 1. The lowest BCUT2D eigenvalue weighted by Crippen LogP contribution is -2.51. The summed E-state index contributed by atoms with van der Waals surface area (Å²) in [6, 6.07) is 10.5. The molecular formula is C23H23BrN8O. The lowest BCUT2D eigenvalue weighted by molar-refractivity contribution is 0.200. The summed E-state index contributed by atoms with van der Waals surface area (Å²) in [4.78, 5) is 27.9. The standard InChI is InChI=1S/C23H23BrN8O/c1-29-17-7-8-31(12-18(17)30(2)23(29)33)22-19(24)20(25)32-21(28-22)15(11-27-32)14-9-13-5-3-4-6-16(13)26-10-14/h3-6,9-11,17-18H,7-8,12,25H2,1-2H3/t17-,18+/m0/s1. The number of halogens is 1. The summed E-state index contributed by atoms with van der Waals surface area (Å²) in [5.41, 5.74) is 9.91. The van der Waals surface area contributed by atoms with Gasteiger partial charge in [-0.25, -0.2) is 9.78 Å². The van der Waals surface area contributed by atoms with Crippen molar-refractivity contribution in [1.29, 1.82) is 0 Å². The summed E-state index contributed by atoms with van der Waals surface area (Å²) < 4.78 is 2.36. The van der Waals surface area contributed by atoms with E-state index in [0.717, 1.165) is 40.8 Å². The second kappa shape index (κ2) is 7.31. The second-order valence-corrected chi connectivity index (χ2v) is 9.51. The van der Waals surface area contributed by atoms with Gasteiger partial charge in [-0.15, -0.1) is 0 Å². The number of urea groups is 1. The van der Waals surface area contributed by atoms with Crippen molar-refractivity contribution in [2.75, 3.05) is 37.8 Å². The molecule has 2 N–H and O–H groups in total. The van der Waals surface area contributed by atoms with Crippen LogP contribution in [0.15, 0.2) is 47.2 Å². The number of hydrogen-bond acceptors (Lipinski definition) is 6. The normalized spacial score (nSPS) is 20.8. The Morgan fingerprint density at radius 1 is 1.12 bits per heavy atom. The van der Waals surface area contributed by atoms with Crippen LogP contribution >= 0.6 is 15.9 Å². The average molecular weight is 507 g/mol. The molecule has 0 aliphatic carbocycles. The number of benzene rings is 1. The highest BCUT2D eigenvalue weighted by molar-refractivity contribution is 9.10.